The molecular weight excluding hydrogens is 416 g/mol. The number of anilines is 1. The molecule has 0 bridgehead atoms. The Morgan fingerprint density at radius 3 is 2.71 bits per heavy atom. The van der Waals surface area contributed by atoms with E-state index in [2.05, 4.69) is 10.3 Å². The molecular formula is C22H20N4O4S. The first-order valence-corrected chi connectivity index (χ1v) is 10.7. The van der Waals surface area contributed by atoms with E-state index in [0.29, 0.717) is 16.8 Å². The second kappa shape index (κ2) is 8.65. The number of para-hydroxylation sites is 2. The molecule has 0 aliphatic heterocycles. The van der Waals surface area contributed by atoms with Crippen molar-refractivity contribution in [1.82, 2.24) is 14.5 Å². The third kappa shape index (κ3) is 4.17. The number of nitrogens with one attached hydrogen (secondary N) is 1. The minimum Gasteiger partial charge on any atom is -0.448 e. The molecule has 2 aromatic heterocycles. The average molecular weight is 436 g/mol. The van der Waals surface area contributed by atoms with Crippen molar-refractivity contribution in [2.24, 2.45) is 0 Å². The lowest BCUT2D eigenvalue weighted by Gasteiger charge is -2.18. The van der Waals surface area contributed by atoms with Gasteiger partial charge in [-0.15, -0.1) is 11.8 Å². The molecule has 0 unspecified atom stereocenters. The molecule has 4 rings (SSSR count). The molecule has 0 spiro atoms. The van der Waals surface area contributed by atoms with Gasteiger partial charge in [-0.25, -0.2) is 4.98 Å². The molecule has 2 aromatic carbocycles. The summed E-state index contributed by atoms with van der Waals surface area (Å²) in [7, 11) is 1.51. The fraction of sp³-hybridized carbons (Fsp3) is 0.182. The van der Waals surface area contributed by atoms with Crippen molar-refractivity contribution >= 4 is 51.3 Å². The van der Waals surface area contributed by atoms with Gasteiger partial charge in [0.25, 0.3) is 5.56 Å². The van der Waals surface area contributed by atoms with Crippen molar-refractivity contribution in [1.29, 1.82) is 0 Å². The highest BCUT2D eigenvalue weighted by Crippen LogP contribution is 2.25. The number of hydrogen-bond donors (Lipinski definition) is 1. The van der Waals surface area contributed by atoms with Crippen molar-refractivity contribution in [2.75, 3.05) is 25.2 Å². The van der Waals surface area contributed by atoms with Crippen molar-refractivity contribution in [3.8, 4) is 0 Å². The van der Waals surface area contributed by atoms with Gasteiger partial charge < -0.3 is 14.6 Å². The molecule has 9 heteroatoms. The first-order valence-electron chi connectivity index (χ1n) is 9.51. The summed E-state index contributed by atoms with van der Waals surface area (Å²) < 4.78 is 6.82. The number of carbonyl (C=O) groups is 2. The summed E-state index contributed by atoms with van der Waals surface area (Å²) in [5.41, 5.74) is 1.37. The Balaban J connectivity index is 1.46. The SMILES string of the molecule is CSc1ccccc1NC(=O)CN(C)C(=O)Cn1cnc2c(oc3ccccc32)c1=O. The van der Waals surface area contributed by atoms with Gasteiger partial charge >= 0.3 is 0 Å². The lowest BCUT2D eigenvalue weighted by Crippen LogP contribution is -2.38. The highest BCUT2D eigenvalue weighted by Gasteiger charge is 2.18. The Kier molecular flexibility index (Phi) is 5.77. The number of carbonyl (C=O) groups excluding carboxylic acids is 2. The third-order valence-electron chi connectivity index (χ3n) is 4.84. The molecule has 0 fully saturated rings. The first-order chi connectivity index (χ1) is 15.0. The van der Waals surface area contributed by atoms with E-state index < -0.39 is 11.5 Å². The molecule has 4 aromatic rings. The predicted octanol–water partition coefficient (Wildman–Crippen LogP) is 2.96. The van der Waals surface area contributed by atoms with Crippen LogP contribution in [0.5, 0.6) is 0 Å². The zero-order valence-corrected chi connectivity index (χ0v) is 17.8. The zero-order chi connectivity index (χ0) is 22.0. The Labute approximate surface area is 181 Å². The van der Waals surface area contributed by atoms with E-state index in [1.54, 1.807) is 12.1 Å². The van der Waals surface area contributed by atoms with E-state index >= 15 is 0 Å². The Morgan fingerprint density at radius 1 is 1.16 bits per heavy atom. The normalized spacial score (nSPS) is 11.0. The summed E-state index contributed by atoms with van der Waals surface area (Å²) in [6.45, 7) is -0.388. The standard InChI is InChI=1S/C22H20N4O4S/c1-25(11-18(27)24-15-8-4-6-10-17(15)31-2)19(28)12-26-13-23-20-14-7-3-5-9-16(14)30-21(20)22(26)29/h3-10,13H,11-12H2,1-2H3,(H,24,27). The number of nitrogens with zero attached hydrogens (tertiary/aromatic N) is 3. The number of fused-ring (bicyclic) bond motifs is 3. The van der Waals surface area contributed by atoms with Gasteiger partial charge in [0, 0.05) is 17.3 Å². The lowest BCUT2D eigenvalue weighted by atomic mass is 10.2. The summed E-state index contributed by atoms with van der Waals surface area (Å²) in [6, 6.07) is 14.7. The summed E-state index contributed by atoms with van der Waals surface area (Å²) >= 11 is 1.52. The van der Waals surface area contributed by atoms with Gasteiger partial charge in [-0.1, -0.05) is 24.3 Å². The largest absolute Gasteiger partial charge is 0.448 e. The average Bonchev–Trinajstić information content (AvgIpc) is 3.15. The molecule has 0 aliphatic carbocycles. The van der Waals surface area contributed by atoms with Crippen LogP contribution >= 0.6 is 11.8 Å². The van der Waals surface area contributed by atoms with E-state index in [1.165, 1.54) is 34.6 Å². The fourth-order valence-electron chi connectivity index (χ4n) is 3.24. The van der Waals surface area contributed by atoms with E-state index in [-0.39, 0.29) is 24.6 Å². The molecule has 2 heterocycles. The topological polar surface area (TPSA) is 97.4 Å². The fourth-order valence-corrected chi connectivity index (χ4v) is 3.79. The summed E-state index contributed by atoms with van der Waals surface area (Å²) in [5.74, 6) is -0.719. The van der Waals surface area contributed by atoms with Crippen LogP contribution in [-0.2, 0) is 16.1 Å². The zero-order valence-electron chi connectivity index (χ0n) is 17.0. The quantitative estimate of drug-likeness (QED) is 0.467. The second-order valence-corrected chi connectivity index (χ2v) is 7.80. The second-order valence-electron chi connectivity index (χ2n) is 6.95. The predicted molar refractivity (Wildman–Crippen MR) is 120 cm³/mol. The number of aromatic nitrogens is 2. The molecule has 1 N–H and O–H groups in total. The molecule has 0 atom stereocenters. The van der Waals surface area contributed by atoms with Crippen LogP contribution in [0.25, 0.3) is 22.1 Å². The molecule has 31 heavy (non-hydrogen) atoms. The monoisotopic (exact) mass is 436 g/mol. The third-order valence-corrected chi connectivity index (χ3v) is 5.64. The van der Waals surface area contributed by atoms with Crippen molar-refractivity contribution in [3.05, 3.63) is 65.2 Å². The summed E-state index contributed by atoms with van der Waals surface area (Å²) in [4.78, 5) is 44.3. The van der Waals surface area contributed by atoms with Gasteiger partial charge in [-0.05, 0) is 30.5 Å². The molecule has 0 saturated heterocycles. The maximum Gasteiger partial charge on any atom is 0.297 e. The van der Waals surface area contributed by atoms with Gasteiger partial charge in [0.2, 0.25) is 17.4 Å². The molecule has 8 nitrogen and oxygen atoms in total. The highest BCUT2D eigenvalue weighted by atomic mass is 32.2. The molecule has 0 aliphatic rings. The number of likely N-dealkylation sites (N-methyl/N-ethyl adjacent to an activating group) is 1. The number of furan rings is 1. The number of amides is 2. The minimum absolute atomic E-state index is 0.102. The van der Waals surface area contributed by atoms with Crippen LogP contribution in [-0.4, -0.2) is 46.1 Å². The summed E-state index contributed by atoms with van der Waals surface area (Å²) in [5, 5.41) is 3.55. The van der Waals surface area contributed by atoms with Crippen LogP contribution in [0.4, 0.5) is 5.69 Å². The lowest BCUT2D eigenvalue weighted by molar-refractivity contribution is -0.133. The smallest absolute Gasteiger partial charge is 0.297 e. The Hall–Kier alpha value is -3.59. The van der Waals surface area contributed by atoms with E-state index in [4.69, 9.17) is 4.42 Å². The van der Waals surface area contributed by atoms with E-state index in [1.807, 2.05) is 42.7 Å². The highest BCUT2D eigenvalue weighted by molar-refractivity contribution is 7.98. The van der Waals surface area contributed by atoms with Gasteiger partial charge in [-0.3, -0.25) is 19.0 Å². The Bertz CT molecular complexity index is 1340. The van der Waals surface area contributed by atoms with Gasteiger partial charge in [0.15, 0.2) is 0 Å². The first kappa shape index (κ1) is 20.7. The molecule has 0 saturated carbocycles. The van der Waals surface area contributed by atoms with Crippen LogP contribution in [0.2, 0.25) is 0 Å². The van der Waals surface area contributed by atoms with Crippen LogP contribution in [0, 0.1) is 0 Å². The maximum absolute atomic E-state index is 12.8. The van der Waals surface area contributed by atoms with Crippen LogP contribution in [0.3, 0.4) is 0 Å². The number of benzene rings is 2. The molecule has 0 radical (unpaired) electrons. The molecule has 158 valence electrons. The van der Waals surface area contributed by atoms with Crippen molar-refractivity contribution < 1.29 is 14.0 Å². The minimum atomic E-state index is -0.443. The maximum atomic E-state index is 12.8. The number of hydrogen-bond acceptors (Lipinski definition) is 6. The van der Waals surface area contributed by atoms with Crippen molar-refractivity contribution in [2.45, 2.75) is 11.4 Å². The number of rotatable bonds is 6. The number of thioether (sulfide) groups is 1. The van der Waals surface area contributed by atoms with Crippen molar-refractivity contribution in [3.63, 3.8) is 0 Å². The van der Waals surface area contributed by atoms with Crippen LogP contribution < -0.4 is 10.9 Å². The van der Waals surface area contributed by atoms with E-state index in [9.17, 15) is 14.4 Å². The van der Waals surface area contributed by atoms with Gasteiger partial charge in [-0.2, -0.15) is 0 Å². The van der Waals surface area contributed by atoms with Crippen LogP contribution in [0.1, 0.15) is 0 Å². The van der Waals surface area contributed by atoms with E-state index in [0.717, 1.165) is 10.3 Å². The molecule has 2 amide bonds. The summed E-state index contributed by atoms with van der Waals surface area (Å²) in [6.07, 6.45) is 3.25. The van der Waals surface area contributed by atoms with Gasteiger partial charge in [0.1, 0.15) is 17.6 Å². The Morgan fingerprint density at radius 2 is 1.90 bits per heavy atom. The van der Waals surface area contributed by atoms with Crippen LogP contribution in [0.15, 0.2) is 69.0 Å². The van der Waals surface area contributed by atoms with Gasteiger partial charge in [0.05, 0.1) is 18.6 Å².